The van der Waals surface area contributed by atoms with Crippen LogP contribution in [0.5, 0.6) is 5.75 Å². The summed E-state index contributed by atoms with van der Waals surface area (Å²) in [6.07, 6.45) is 1.30. The summed E-state index contributed by atoms with van der Waals surface area (Å²) in [7, 11) is -2.03. The van der Waals surface area contributed by atoms with Gasteiger partial charge in [0.25, 0.3) is 0 Å². The number of rotatable bonds is 4. The van der Waals surface area contributed by atoms with Crippen molar-refractivity contribution in [2.45, 2.75) is 4.90 Å². The average Bonchev–Trinajstić information content (AvgIpc) is 2.61. The van der Waals surface area contributed by atoms with Crippen molar-refractivity contribution in [3.05, 3.63) is 42.6 Å². The van der Waals surface area contributed by atoms with Crippen LogP contribution in [0.1, 0.15) is 0 Å². The van der Waals surface area contributed by atoms with Crippen LogP contribution in [-0.4, -0.2) is 46.7 Å². The number of primary sulfonamides is 1. The largest absolute Gasteiger partial charge is 0.495 e. The number of hydrogen-bond acceptors (Lipinski definition) is 6. The van der Waals surface area contributed by atoms with Gasteiger partial charge in [0.15, 0.2) is 0 Å². The third-order valence-corrected chi connectivity index (χ3v) is 4.98. The van der Waals surface area contributed by atoms with Crippen molar-refractivity contribution in [3.8, 4) is 5.75 Å². The second-order valence-electron chi connectivity index (χ2n) is 5.54. The summed E-state index contributed by atoms with van der Waals surface area (Å²) in [5.41, 5.74) is 1.08. The van der Waals surface area contributed by atoms with Crippen molar-refractivity contribution in [3.63, 3.8) is 0 Å². The SMILES string of the molecule is COc1ccccc1N1CCN(c2ccc(S(N)(=O)=O)cn2)CC1. The molecule has 0 bridgehead atoms. The van der Waals surface area contributed by atoms with Gasteiger partial charge in [-0.15, -0.1) is 0 Å². The molecule has 1 aliphatic rings. The molecule has 8 heteroatoms. The highest BCUT2D eigenvalue weighted by molar-refractivity contribution is 7.89. The van der Waals surface area contributed by atoms with Gasteiger partial charge in [-0.1, -0.05) is 12.1 Å². The van der Waals surface area contributed by atoms with Crippen molar-refractivity contribution in [1.82, 2.24) is 4.98 Å². The minimum atomic E-state index is -3.71. The Balaban J connectivity index is 1.69. The number of methoxy groups -OCH3 is 1. The van der Waals surface area contributed by atoms with Crippen LogP contribution in [-0.2, 0) is 10.0 Å². The molecule has 2 aromatic rings. The van der Waals surface area contributed by atoms with E-state index in [0.717, 1.165) is 43.4 Å². The van der Waals surface area contributed by atoms with E-state index in [2.05, 4.69) is 14.8 Å². The predicted octanol–water partition coefficient (Wildman–Crippen LogP) is 1.06. The molecular weight excluding hydrogens is 328 g/mol. The lowest BCUT2D eigenvalue weighted by atomic mass is 10.2. The third kappa shape index (κ3) is 3.44. The van der Waals surface area contributed by atoms with Crippen molar-refractivity contribution < 1.29 is 13.2 Å². The van der Waals surface area contributed by atoms with Crippen LogP contribution >= 0.6 is 0 Å². The lowest BCUT2D eigenvalue weighted by molar-refractivity contribution is 0.413. The Bertz CT molecular complexity index is 800. The quantitative estimate of drug-likeness (QED) is 0.889. The monoisotopic (exact) mass is 348 g/mol. The number of para-hydroxylation sites is 2. The molecule has 7 nitrogen and oxygen atoms in total. The highest BCUT2D eigenvalue weighted by Gasteiger charge is 2.20. The Kier molecular flexibility index (Phi) is 4.59. The summed E-state index contributed by atoms with van der Waals surface area (Å²) in [5, 5.41) is 5.10. The number of nitrogens with two attached hydrogens (primary N) is 1. The molecule has 0 aliphatic carbocycles. The molecular formula is C16H20N4O3S. The highest BCUT2D eigenvalue weighted by atomic mass is 32.2. The molecule has 1 aromatic heterocycles. The second kappa shape index (κ2) is 6.66. The van der Waals surface area contributed by atoms with Gasteiger partial charge in [0.05, 0.1) is 12.8 Å². The molecule has 0 unspecified atom stereocenters. The summed E-state index contributed by atoms with van der Waals surface area (Å²) in [6, 6.07) is 11.1. The number of aromatic nitrogens is 1. The Morgan fingerprint density at radius 3 is 2.29 bits per heavy atom. The van der Waals surface area contributed by atoms with Gasteiger partial charge in [0.1, 0.15) is 16.5 Å². The van der Waals surface area contributed by atoms with Crippen molar-refractivity contribution in [2.75, 3.05) is 43.1 Å². The molecule has 0 spiro atoms. The van der Waals surface area contributed by atoms with E-state index < -0.39 is 10.0 Å². The minimum Gasteiger partial charge on any atom is -0.495 e. The summed E-state index contributed by atoms with van der Waals surface area (Å²) >= 11 is 0. The van der Waals surface area contributed by atoms with Gasteiger partial charge in [-0.3, -0.25) is 0 Å². The number of pyridine rings is 1. The molecule has 3 rings (SSSR count). The molecule has 1 aromatic carbocycles. The molecule has 2 N–H and O–H groups in total. The van der Waals surface area contributed by atoms with Crippen LogP contribution in [0.25, 0.3) is 0 Å². The van der Waals surface area contributed by atoms with Gasteiger partial charge in [-0.25, -0.2) is 18.5 Å². The van der Waals surface area contributed by atoms with E-state index in [9.17, 15) is 8.42 Å². The molecule has 2 heterocycles. The fraction of sp³-hybridized carbons (Fsp3) is 0.312. The molecule has 0 saturated carbocycles. The Morgan fingerprint density at radius 1 is 1.04 bits per heavy atom. The topological polar surface area (TPSA) is 88.8 Å². The first kappa shape index (κ1) is 16.5. The Morgan fingerprint density at radius 2 is 1.71 bits per heavy atom. The fourth-order valence-electron chi connectivity index (χ4n) is 2.80. The van der Waals surface area contributed by atoms with Gasteiger partial charge in [0, 0.05) is 32.4 Å². The van der Waals surface area contributed by atoms with Gasteiger partial charge in [-0.2, -0.15) is 0 Å². The third-order valence-electron chi connectivity index (χ3n) is 4.08. The number of benzene rings is 1. The zero-order valence-electron chi connectivity index (χ0n) is 13.4. The number of hydrogen-bond donors (Lipinski definition) is 1. The number of sulfonamides is 1. The zero-order chi connectivity index (χ0) is 17.2. The van der Waals surface area contributed by atoms with Gasteiger partial charge in [-0.05, 0) is 24.3 Å². The predicted molar refractivity (Wildman–Crippen MR) is 93.0 cm³/mol. The number of piperazine rings is 1. The Hall–Kier alpha value is -2.32. The van der Waals surface area contributed by atoms with Crippen LogP contribution in [0, 0.1) is 0 Å². The molecule has 0 amide bonds. The highest BCUT2D eigenvalue weighted by Crippen LogP contribution is 2.29. The molecule has 1 fully saturated rings. The van der Waals surface area contributed by atoms with Crippen LogP contribution in [0.4, 0.5) is 11.5 Å². The maximum Gasteiger partial charge on any atom is 0.239 e. The first-order chi connectivity index (χ1) is 11.5. The number of nitrogens with zero attached hydrogens (tertiary/aromatic N) is 3. The van der Waals surface area contributed by atoms with E-state index in [-0.39, 0.29) is 4.90 Å². The van der Waals surface area contributed by atoms with Crippen molar-refractivity contribution >= 4 is 21.5 Å². The summed E-state index contributed by atoms with van der Waals surface area (Å²) in [4.78, 5) is 8.65. The molecule has 0 atom stereocenters. The first-order valence-electron chi connectivity index (χ1n) is 7.61. The van der Waals surface area contributed by atoms with E-state index in [4.69, 9.17) is 9.88 Å². The summed E-state index contributed by atoms with van der Waals surface area (Å²) in [5.74, 6) is 1.61. The van der Waals surface area contributed by atoms with Gasteiger partial charge >= 0.3 is 0 Å². The lowest BCUT2D eigenvalue weighted by Gasteiger charge is -2.37. The van der Waals surface area contributed by atoms with E-state index in [1.54, 1.807) is 13.2 Å². The number of anilines is 2. The standard InChI is InChI=1S/C16H20N4O3S/c1-23-15-5-3-2-4-14(15)19-8-10-20(11-9-19)16-7-6-13(12-18-16)24(17,21)22/h2-7,12H,8-11H2,1H3,(H2,17,21,22). The van der Waals surface area contributed by atoms with E-state index in [1.165, 1.54) is 12.3 Å². The van der Waals surface area contributed by atoms with Crippen LogP contribution < -0.4 is 19.7 Å². The second-order valence-corrected chi connectivity index (χ2v) is 7.10. The van der Waals surface area contributed by atoms with Crippen LogP contribution in [0.15, 0.2) is 47.5 Å². The van der Waals surface area contributed by atoms with Gasteiger partial charge in [0.2, 0.25) is 10.0 Å². The van der Waals surface area contributed by atoms with E-state index in [1.807, 2.05) is 24.3 Å². The van der Waals surface area contributed by atoms with Crippen molar-refractivity contribution in [2.24, 2.45) is 5.14 Å². The average molecular weight is 348 g/mol. The smallest absolute Gasteiger partial charge is 0.239 e. The van der Waals surface area contributed by atoms with Gasteiger partial charge < -0.3 is 14.5 Å². The summed E-state index contributed by atoms with van der Waals surface area (Å²) < 4.78 is 28.0. The van der Waals surface area contributed by atoms with E-state index >= 15 is 0 Å². The van der Waals surface area contributed by atoms with E-state index in [0.29, 0.717) is 0 Å². The molecule has 0 radical (unpaired) electrons. The normalized spacial score (nSPS) is 15.4. The van der Waals surface area contributed by atoms with Crippen LogP contribution in [0.2, 0.25) is 0 Å². The molecule has 1 aliphatic heterocycles. The summed E-state index contributed by atoms with van der Waals surface area (Å²) in [6.45, 7) is 3.25. The minimum absolute atomic E-state index is 0.0268. The molecule has 128 valence electrons. The molecule has 1 saturated heterocycles. The maximum absolute atomic E-state index is 11.3. The lowest BCUT2D eigenvalue weighted by Crippen LogP contribution is -2.46. The Labute approximate surface area is 141 Å². The van der Waals surface area contributed by atoms with Crippen LogP contribution in [0.3, 0.4) is 0 Å². The maximum atomic E-state index is 11.3. The zero-order valence-corrected chi connectivity index (χ0v) is 14.2. The van der Waals surface area contributed by atoms with Crippen molar-refractivity contribution in [1.29, 1.82) is 0 Å². The number of ether oxygens (including phenoxy) is 1. The molecule has 24 heavy (non-hydrogen) atoms. The fourth-order valence-corrected chi connectivity index (χ4v) is 3.25. The first-order valence-corrected chi connectivity index (χ1v) is 9.15.